The Bertz CT molecular complexity index is 696. The van der Waals surface area contributed by atoms with E-state index in [1.54, 1.807) is 0 Å². The predicted molar refractivity (Wildman–Crippen MR) is 92.2 cm³/mol. The molecule has 2 aliphatic rings. The second-order valence-electron chi connectivity index (χ2n) is 6.09. The van der Waals surface area contributed by atoms with E-state index in [-0.39, 0.29) is 0 Å². The third kappa shape index (κ3) is 2.86. The number of ether oxygens (including phenoxy) is 1. The number of hydrogen-bond donors (Lipinski definition) is 1. The maximum Gasteiger partial charge on any atom is 0.210 e. The first kappa shape index (κ1) is 14.7. The van der Waals surface area contributed by atoms with Gasteiger partial charge in [0.1, 0.15) is 5.75 Å². The molecule has 0 radical (unpaired) electrons. The van der Waals surface area contributed by atoms with Crippen molar-refractivity contribution >= 4 is 21.6 Å². The minimum atomic E-state index is 0.395. The summed E-state index contributed by atoms with van der Waals surface area (Å²) in [6, 6.07) is 7.07. The quantitative estimate of drug-likeness (QED) is 0.927. The second-order valence-corrected chi connectivity index (χ2v) is 7.08. The molecule has 1 fully saturated rings. The maximum atomic E-state index is 5.70. The fraction of sp³-hybridized carbons (Fsp3) is 0.500. The predicted octanol–water partition coefficient (Wildman–Crippen LogP) is 1.94. The molecule has 6 nitrogen and oxygen atoms in total. The topological polar surface area (TPSA) is 67.5 Å². The van der Waals surface area contributed by atoms with Crippen molar-refractivity contribution < 1.29 is 4.74 Å². The summed E-state index contributed by atoms with van der Waals surface area (Å²) in [7, 11) is 0. The van der Waals surface area contributed by atoms with Crippen molar-refractivity contribution in [1.82, 2.24) is 15.1 Å². The van der Waals surface area contributed by atoms with Gasteiger partial charge in [0.05, 0.1) is 6.61 Å². The van der Waals surface area contributed by atoms with Crippen LogP contribution < -0.4 is 15.4 Å². The van der Waals surface area contributed by atoms with Gasteiger partial charge in [-0.15, -0.1) is 10.2 Å². The summed E-state index contributed by atoms with van der Waals surface area (Å²) in [5.74, 6) is 1.07. The van der Waals surface area contributed by atoms with Gasteiger partial charge < -0.3 is 15.4 Å². The first-order valence-corrected chi connectivity index (χ1v) is 8.86. The third-order valence-electron chi connectivity index (χ3n) is 4.77. The summed E-state index contributed by atoms with van der Waals surface area (Å²) in [5.41, 5.74) is 8.34. The van der Waals surface area contributed by atoms with Gasteiger partial charge in [0, 0.05) is 38.6 Å². The molecular formula is C16H21N5OS. The van der Waals surface area contributed by atoms with Gasteiger partial charge >= 0.3 is 0 Å². The van der Waals surface area contributed by atoms with Crippen molar-refractivity contribution in [1.29, 1.82) is 0 Å². The van der Waals surface area contributed by atoms with E-state index < -0.39 is 0 Å². The molecule has 23 heavy (non-hydrogen) atoms. The fourth-order valence-electron chi connectivity index (χ4n) is 3.31. The van der Waals surface area contributed by atoms with Crippen LogP contribution in [0.15, 0.2) is 18.2 Å². The van der Waals surface area contributed by atoms with Gasteiger partial charge in [-0.25, -0.2) is 0 Å². The monoisotopic (exact) mass is 331 g/mol. The highest BCUT2D eigenvalue weighted by Gasteiger charge is 2.25. The minimum Gasteiger partial charge on any atom is -0.493 e. The summed E-state index contributed by atoms with van der Waals surface area (Å²) in [4.78, 5) is 4.78. The molecule has 7 heteroatoms. The average Bonchev–Trinajstić information content (AvgIpc) is 3.22. The van der Waals surface area contributed by atoms with Crippen LogP contribution in [-0.4, -0.2) is 47.9 Å². The van der Waals surface area contributed by atoms with Crippen molar-refractivity contribution in [3.8, 4) is 5.75 Å². The Morgan fingerprint density at radius 1 is 1.22 bits per heavy atom. The zero-order chi connectivity index (χ0) is 15.8. The van der Waals surface area contributed by atoms with Gasteiger partial charge in [-0.2, -0.15) is 0 Å². The number of anilines is 2. The van der Waals surface area contributed by atoms with E-state index in [9.17, 15) is 0 Å². The Balaban J connectivity index is 1.41. The van der Waals surface area contributed by atoms with E-state index in [1.807, 2.05) is 0 Å². The molecule has 1 aromatic carbocycles. The summed E-state index contributed by atoms with van der Waals surface area (Å²) >= 11 is 1.46. The van der Waals surface area contributed by atoms with Gasteiger partial charge in [0.15, 0.2) is 0 Å². The highest BCUT2D eigenvalue weighted by atomic mass is 32.1. The minimum absolute atomic E-state index is 0.395. The smallest absolute Gasteiger partial charge is 0.210 e. The first-order chi connectivity index (χ1) is 11.2. The van der Waals surface area contributed by atoms with E-state index >= 15 is 0 Å². The lowest BCUT2D eigenvalue weighted by Crippen LogP contribution is -2.47. The van der Waals surface area contributed by atoms with Crippen molar-refractivity contribution in [2.24, 2.45) is 0 Å². The highest BCUT2D eigenvalue weighted by Crippen LogP contribution is 2.31. The standard InChI is InChI=1S/C16H21N5OS/c1-11(13-3-2-12-4-9-22-14(12)10-13)20-5-7-21(8-6-20)16-19-18-15(17)23-16/h2-3,10-11H,4-9H2,1H3,(H2,17,18). The Kier molecular flexibility index (Phi) is 3.82. The van der Waals surface area contributed by atoms with Crippen molar-refractivity contribution in [2.75, 3.05) is 43.4 Å². The molecular weight excluding hydrogens is 310 g/mol. The number of benzene rings is 1. The van der Waals surface area contributed by atoms with E-state index in [0.717, 1.165) is 50.1 Å². The molecule has 1 saturated heterocycles. The third-order valence-corrected chi connectivity index (χ3v) is 5.58. The lowest BCUT2D eigenvalue weighted by atomic mass is 10.0. The zero-order valence-electron chi connectivity index (χ0n) is 13.2. The second kappa shape index (κ2) is 5.98. The number of hydrogen-bond acceptors (Lipinski definition) is 7. The van der Waals surface area contributed by atoms with Crippen LogP contribution in [0.5, 0.6) is 5.75 Å². The number of aromatic nitrogens is 2. The van der Waals surface area contributed by atoms with Crippen LogP contribution >= 0.6 is 11.3 Å². The molecule has 3 heterocycles. The van der Waals surface area contributed by atoms with Crippen molar-refractivity contribution in [3.63, 3.8) is 0 Å². The van der Waals surface area contributed by atoms with E-state index in [0.29, 0.717) is 11.2 Å². The number of nitrogen functional groups attached to an aromatic ring is 1. The summed E-state index contributed by atoms with van der Waals surface area (Å²) in [6.45, 7) is 7.03. The van der Waals surface area contributed by atoms with Crippen LogP contribution in [0, 0.1) is 0 Å². The molecule has 2 N–H and O–H groups in total. The van der Waals surface area contributed by atoms with Crippen LogP contribution in [0.4, 0.5) is 10.3 Å². The van der Waals surface area contributed by atoms with E-state index in [4.69, 9.17) is 10.5 Å². The van der Waals surface area contributed by atoms with Gasteiger partial charge in [-0.3, -0.25) is 4.90 Å². The molecule has 0 spiro atoms. The maximum absolute atomic E-state index is 5.70. The highest BCUT2D eigenvalue weighted by molar-refractivity contribution is 7.18. The van der Waals surface area contributed by atoms with Gasteiger partial charge in [-0.05, 0) is 24.1 Å². The zero-order valence-corrected chi connectivity index (χ0v) is 14.1. The molecule has 4 rings (SSSR count). The molecule has 1 aromatic heterocycles. The number of rotatable bonds is 3. The molecule has 0 amide bonds. The number of fused-ring (bicyclic) bond motifs is 1. The van der Waals surface area contributed by atoms with Crippen LogP contribution in [-0.2, 0) is 6.42 Å². The molecule has 2 aromatic rings. The van der Waals surface area contributed by atoms with Crippen LogP contribution in [0.1, 0.15) is 24.1 Å². The molecule has 0 aliphatic carbocycles. The fourth-order valence-corrected chi connectivity index (χ4v) is 3.97. The average molecular weight is 331 g/mol. The summed E-state index contributed by atoms with van der Waals surface area (Å²) in [6.07, 6.45) is 1.04. The van der Waals surface area contributed by atoms with Gasteiger partial charge in [0.25, 0.3) is 0 Å². The lowest BCUT2D eigenvalue weighted by molar-refractivity contribution is 0.198. The van der Waals surface area contributed by atoms with E-state index in [2.05, 4.69) is 45.1 Å². The van der Waals surface area contributed by atoms with Gasteiger partial charge in [-0.1, -0.05) is 23.5 Å². The van der Waals surface area contributed by atoms with Gasteiger partial charge in [0.2, 0.25) is 10.3 Å². The number of nitrogens with two attached hydrogens (primary N) is 1. The SMILES string of the molecule is CC(c1ccc2c(c1)OCC2)N1CCN(c2nnc(N)s2)CC1. The van der Waals surface area contributed by atoms with Crippen LogP contribution in [0.2, 0.25) is 0 Å². The Hall–Kier alpha value is -1.86. The summed E-state index contributed by atoms with van der Waals surface area (Å²) < 4.78 is 5.70. The van der Waals surface area contributed by atoms with Crippen LogP contribution in [0.3, 0.4) is 0 Å². The normalized spacial score (nSPS) is 19.4. The van der Waals surface area contributed by atoms with Crippen LogP contribution in [0.25, 0.3) is 0 Å². The Labute approximate surface area is 139 Å². The largest absolute Gasteiger partial charge is 0.493 e. The molecule has 2 aliphatic heterocycles. The van der Waals surface area contributed by atoms with E-state index in [1.165, 1.54) is 22.5 Å². The Morgan fingerprint density at radius 3 is 2.78 bits per heavy atom. The first-order valence-electron chi connectivity index (χ1n) is 8.04. The summed E-state index contributed by atoms with van der Waals surface area (Å²) in [5, 5.41) is 9.51. The number of nitrogens with zero attached hydrogens (tertiary/aromatic N) is 4. The number of piperazine rings is 1. The Morgan fingerprint density at radius 2 is 2.04 bits per heavy atom. The molecule has 122 valence electrons. The molecule has 0 saturated carbocycles. The molecule has 0 bridgehead atoms. The van der Waals surface area contributed by atoms with Crippen molar-refractivity contribution in [3.05, 3.63) is 29.3 Å². The lowest BCUT2D eigenvalue weighted by Gasteiger charge is -2.38. The molecule has 1 unspecified atom stereocenters. The molecule has 1 atom stereocenters. The van der Waals surface area contributed by atoms with Crippen molar-refractivity contribution in [2.45, 2.75) is 19.4 Å².